The van der Waals surface area contributed by atoms with Gasteiger partial charge in [-0.1, -0.05) is 6.07 Å². The second-order valence-electron chi connectivity index (χ2n) is 5.42. The first-order valence-corrected chi connectivity index (χ1v) is 7.08. The molecule has 3 nitrogen and oxygen atoms in total. The molecule has 2 aromatic rings. The Hall–Kier alpha value is -1.77. The first kappa shape index (κ1) is 12.3. The van der Waals surface area contributed by atoms with Crippen LogP contribution >= 0.6 is 0 Å². The van der Waals surface area contributed by atoms with Gasteiger partial charge in [0.25, 0.3) is 0 Å². The first-order chi connectivity index (χ1) is 9.24. The molecule has 3 heteroatoms. The summed E-state index contributed by atoms with van der Waals surface area (Å²) >= 11 is 0. The minimum Gasteiger partial charge on any atom is -0.481 e. The van der Waals surface area contributed by atoms with Gasteiger partial charge in [-0.05, 0) is 61.8 Å². The van der Waals surface area contributed by atoms with E-state index >= 15 is 0 Å². The molecule has 2 N–H and O–H groups in total. The van der Waals surface area contributed by atoms with Gasteiger partial charge < -0.3 is 10.1 Å². The highest BCUT2D eigenvalue weighted by Crippen LogP contribution is 2.29. The van der Waals surface area contributed by atoms with Crippen LogP contribution in [0.2, 0.25) is 0 Å². The normalized spacial score (nSPS) is 14.5. The highest BCUT2D eigenvalue weighted by Gasteiger charge is 2.15. The number of aliphatic carboxylic acids is 1. The van der Waals surface area contributed by atoms with Crippen molar-refractivity contribution in [3.05, 3.63) is 35.0 Å². The van der Waals surface area contributed by atoms with Crippen LogP contribution in [0.5, 0.6) is 0 Å². The third-order valence-corrected chi connectivity index (χ3v) is 4.02. The number of carbonyl (C=O) groups is 1. The molecule has 0 spiro atoms. The second kappa shape index (κ2) is 5.08. The summed E-state index contributed by atoms with van der Waals surface area (Å²) in [5, 5.41) is 10.0. The number of fused-ring (bicyclic) bond motifs is 3. The lowest BCUT2D eigenvalue weighted by atomic mass is 9.94. The third-order valence-electron chi connectivity index (χ3n) is 4.02. The van der Waals surface area contributed by atoms with Crippen LogP contribution < -0.4 is 0 Å². The number of rotatable bonds is 4. The molecule has 0 unspecified atom stereocenters. The smallest absolute Gasteiger partial charge is 0.303 e. The maximum atomic E-state index is 10.5. The van der Waals surface area contributed by atoms with Crippen molar-refractivity contribution in [2.24, 2.45) is 0 Å². The van der Waals surface area contributed by atoms with Crippen molar-refractivity contribution in [1.82, 2.24) is 4.98 Å². The summed E-state index contributed by atoms with van der Waals surface area (Å²) in [5.74, 6) is -0.708. The van der Waals surface area contributed by atoms with Crippen LogP contribution in [0.25, 0.3) is 10.9 Å². The molecule has 1 heterocycles. The Morgan fingerprint density at radius 1 is 1.26 bits per heavy atom. The van der Waals surface area contributed by atoms with Crippen molar-refractivity contribution >= 4 is 16.9 Å². The lowest BCUT2D eigenvalue weighted by molar-refractivity contribution is -0.137. The number of nitrogens with one attached hydrogen (secondary N) is 1. The van der Waals surface area contributed by atoms with Gasteiger partial charge in [-0.25, -0.2) is 0 Å². The molecule has 3 rings (SSSR count). The summed E-state index contributed by atoms with van der Waals surface area (Å²) in [5.41, 5.74) is 5.38. The lowest BCUT2D eigenvalue weighted by Crippen LogP contribution is -2.00. The predicted octanol–water partition coefficient (Wildman–Crippen LogP) is 3.45. The predicted molar refractivity (Wildman–Crippen MR) is 75.5 cm³/mol. The highest BCUT2D eigenvalue weighted by molar-refractivity contribution is 5.85. The van der Waals surface area contributed by atoms with Gasteiger partial charge in [0.2, 0.25) is 0 Å². The summed E-state index contributed by atoms with van der Waals surface area (Å²) in [6.07, 6.45) is 6.72. The van der Waals surface area contributed by atoms with Crippen LogP contribution in [0.1, 0.15) is 42.5 Å². The van der Waals surface area contributed by atoms with E-state index in [2.05, 4.69) is 23.2 Å². The zero-order valence-corrected chi connectivity index (χ0v) is 11.0. The van der Waals surface area contributed by atoms with E-state index < -0.39 is 5.97 Å². The fourth-order valence-corrected chi connectivity index (χ4v) is 3.05. The van der Waals surface area contributed by atoms with E-state index in [4.69, 9.17) is 5.11 Å². The van der Waals surface area contributed by atoms with Crippen LogP contribution in [-0.2, 0) is 24.1 Å². The molecule has 0 saturated heterocycles. The standard InChI is InChI=1S/C16H19NO2/c18-16(19)7-3-4-11-8-9-15-13(10-11)12-5-1-2-6-14(12)17-15/h8-10,17H,1-7H2,(H,18,19). The van der Waals surface area contributed by atoms with Gasteiger partial charge in [-0.2, -0.15) is 0 Å². The number of aryl methyl sites for hydroxylation is 3. The second-order valence-corrected chi connectivity index (χ2v) is 5.42. The van der Waals surface area contributed by atoms with Gasteiger partial charge >= 0.3 is 5.97 Å². The summed E-state index contributed by atoms with van der Waals surface area (Å²) < 4.78 is 0. The molecular weight excluding hydrogens is 238 g/mol. The van der Waals surface area contributed by atoms with Crippen molar-refractivity contribution in [3.8, 4) is 0 Å². The van der Waals surface area contributed by atoms with E-state index in [9.17, 15) is 4.79 Å². The molecule has 0 saturated carbocycles. The molecular formula is C16H19NO2. The molecule has 1 aliphatic rings. The molecule has 0 fully saturated rings. The molecule has 1 aliphatic carbocycles. The Balaban J connectivity index is 1.85. The van der Waals surface area contributed by atoms with Crippen molar-refractivity contribution in [1.29, 1.82) is 0 Å². The fraction of sp³-hybridized carbons (Fsp3) is 0.438. The summed E-state index contributed by atoms with van der Waals surface area (Å²) in [6, 6.07) is 6.51. The number of H-pyrrole nitrogens is 1. The Kier molecular flexibility index (Phi) is 3.28. The number of benzene rings is 1. The number of hydrogen-bond acceptors (Lipinski definition) is 1. The van der Waals surface area contributed by atoms with Gasteiger partial charge in [0.1, 0.15) is 0 Å². The minimum absolute atomic E-state index is 0.253. The topological polar surface area (TPSA) is 53.1 Å². The summed E-state index contributed by atoms with van der Waals surface area (Å²) in [4.78, 5) is 14.1. The molecule has 1 aromatic carbocycles. The Morgan fingerprint density at radius 3 is 2.95 bits per heavy atom. The van der Waals surface area contributed by atoms with Gasteiger partial charge in [-0.15, -0.1) is 0 Å². The van der Waals surface area contributed by atoms with Gasteiger partial charge in [-0.3, -0.25) is 4.79 Å². The van der Waals surface area contributed by atoms with Crippen LogP contribution in [0.15, 0.2) is 18.2 Å². The fourth-order valence-electron chi connectivity index (χ4n) is 3.05. The van der Waals surface area contributed by atoms with E-state index in [1.165, 1.54) is 53.4 Å². The third kappa shape index (κ3) is 2.50. The van der Waals surface area contributed by atoms with Gasteiger partial charge in [0.05, 0.1) is 0 Å². The molecule has 0 aliphatic heterocycles. The quantitative estimate of drug-likeness (QED) is 0.881. The largest absolute Gasteiger partial charge is 0.481 e. The van der Waals surface area contributed by atoms with Gasteiger partial charge in [0.15, 0.2) is 0 Å². The number of hydrogen-bond donors (Lipinski definition) is 2. The highest BCUT2D eigenvalue weighted by atomic mass is 16.4. The number of aromatic nitrogens is 1. The summed E-state index contributed by atoms with van der Waals surface area (Å²) in [6.45, 7) is 0. The Morgan fingerprint density at radius 2 is 2.11 bits per heavy atom. The average Bonchev–Trinajstić information content (AvgIpc) is 2.76. The van der Waals surface area contributed by atoms with E-state index in [1.807, 2.05) is 0 Å². The van der Waals surface area contributed by atoms with Crippen LogP contribution in [0.4, 0.5) is 0 Å². The van der Waals surface area contributed by atoms with Crippen LogP contribution in [0.3, 0.4) is 0 Å². The number of carboxylic acid groups (broad SMARTS) is 1. The Labute approximate surface area is 112 Å². The SMILES string of the molecule is O=C(O)CCCc1ccc2[nH]c3c(c2c1)CCCC3. The molecule has 100 valence electrons. The minimum atomic E-state index is -0.708. The zero-order valence-electron chi connectivity index (χ0n) is 11.0. The average molecular weight is 257 g/mol. The summed E-state index contributed by atoms with van der Waals surface area (Å²) in [7, 11) is 0. The molecule has 0 radical (unpaired) electrons. The number of aromatic amines is 1. The van der Waals surface area contributed by atoms with Gasteiger partial charge in [0, 0.05) is 23.0 Å². The maximum absolute atomic E-state index is 10.5. The molecule has 0 atom stereocenters. The van der Waals surface area contributed by atoms with Crippen LogP contribution in [-0.4, -0.2) is 16.1 Å². The van der Waals surface area contributed by atoms with Crippen molar-refractivity contribution in [3.63, 3.8) is 0 Å². The molecule has 1 aromatic heterocycles. The van der Waals surface area contributed by atoms with Crippen molar-refractivity contribution < 1.29 is 9.90 Å². The Bertz CT molecular complexity index is 612. The monoisotopic (exact) mass is 257 g/mol. The zero-order chi connectivity index (χ0) is 13.2. The molecule has 0 bridgehead atoms. The molecule has 0 amide bonds. The van der Waals surface area contributed by atoms with E-state index in [0.29, 0.717) is 6.42 Å². The van der Waals surface area contributed by atoms with Crippen LogP contribution in [0, 0.1) is 0 Å². The van der Waals surface area contributed by atoms with E-state index in [0.717, 1.165) is 6.42 Å². The van der Waals surface area contributed by atoms with Crippen molar-refractivity contribution in [2.45, 2.75) is 44.9 Å². The van der Waals surface area contributed by atoms with E-state index in [1.54, 1.807) is 0 Å². The molecule has 19 heavy (non-hydrogen) atoms. The van der Waals surface area contributed by atoms with E-state index in [-0.39, 0.29) is 6.42 Å². The van der Waals surface area contributed by atoms with Crippen molar-refractivity contribution in [2.75, 3.05) is 0 Å². The first-order valence-electron chi connectivity index (χ1n) is 7.08. The maximum Gasteiger partial charge on any atom is 0.303 e. The number of carboxylic acids is 1. The lowest BCUT2D eigenvalue weighted by Gasteiger charge is -2.10.